The first-order valence-corrected chi connectivity index (χ1v) is 7.69. The summed E-state index contributed by atoms with van der Waals surface area (Å²) in [5.41, 5.74) is 1.07. The van der Waals surface area contributed by atoms with Gasteiger partial charge in [-0.3, -0.25) is 0 Å². The second-order valence-corrected chi connectivity index (χ2v) is 6.29. The second kappa shape index (κ2) is 5.64. The molecule has 0 amide bonds. The predicted octanol–water partition coefficient (Wildman–Crippen LogP) is 4.41. The summed E-state index contributed by atoms with van der Waals surface area (Å²) >= 11 is 0. The van der Waals surface area contributed by atoms with Crippen molar-refractivity contribution in [1.82, 2.24) is 5.32 Å². The van der Waals surface area contributed by atoms with Gasteiger partial charge in [-0.05, 0) is 61.7 Å². The van der Waals surface area contributed by atoms with Gasteiger partial charge >= 0.3 is 0 Å². The lowest BCUT2D eigenvalue weighted by Crippen LogP contribution is -2.46. The molecule has 21 heavy (non-hydrogen) atoms. The monoisotopic (exact) mass is 287 g/mol. The van der Waals surface area contributed by atoms with Crippen LogP contribution in [0.1, 0.15) is 32.4 Å². The first kappa shape index (κ1) is 14.3. The van der Waals surface area contributed by atoms with Crippen LogP contribution in [0.2, 0.25) is 0 Å². The third kappa shape index (κ3) is 2.88. The van der Waals surface area contributed by atoms with E-state index in [4.69, 9.17) is 4.42 Å². The minimum absolute atomic E-state index is 0.151. The van der Waals surface area contributed by atoms with Gasteiger partial charge in [0, 0.05) is 17.5 Å². The van der Waals surface area contributed by atoms with E-state index >= 15 is 0 Å². The first-order chi connectivity index (χ1) is 10.1. The summed E-state index contributed by atoms with van der Waals surface area (Å²) in [6.45, 7) is 5.62. The van der Waals surface area contributed by atoms with Crippen LogP contribution in [0.3, 0.4) is 0 Å². The number of furan rings is 1. The van der Waals surface area contributed by atoms with E-state index in [1.807, 2.05) is 12.1 Å². The molecule has 1 aliphatic heterocycles. The van der Waals surface area contributed by atoms with Crippen LogP contribution in [-0.4, -0.2) is 12.1 Å². The summed E-state index contributed by atoms with van der Waals surface area (Å²) in [5, 5.41) is 3.66. The average molecular weight is 287 g/mol. The highest BCUT2D eigenvalue weighted by molar-refractivity contribution is 5.57. The molecule has 1 aromatic heterocycles. The van der Waals surface area contributed by atoms with Crippen molar-refractivity contribution >= 4 is 0 Å². The Hall–Kier alpha value is -1.61. The Bertz CT molecular complexity index is 594. The zero-order chi connectivity index (χ0) is 14.9. The fourth-order valence-electron chi connectivity index (χ4n) is 3.23. The molecular formula is C18H22FNO. The molecule has 112 valence electrons. The molecule has 1 fully saturated rings. The van der Waals surface area contributed by atoms with Crippen molar-refractivity contribution in [2.75, 3.05) is 6.54 Å². The zero-order valence-electron chi connectivity index (χ0n) is 12.7. The Morgan fingerprint density at radius 3 is 2.57 bits per heavy atom. The van der Waals surface area contributed by atoms with Gasteiger partial charge in [-0.15, -0.1) is 0 Å². The molecule has 0 radical (unpaired) electrons. The second-order valence-electron chi connectivity index (χ2n) is 6.29. The standard InChI is InChI=1S/C18H22FNO/c1-13(2)18(10-3-11-20-18)12-16-8-9-17(21-16)14-4-6-15(19)7-5-14/h4-9,13,20H,3,10-12H2,1-2H3. The Labute approximate surface area is 125 Å². The van der Waals surface area contributed by atoms with E-state index in [0.717, 1.165) is 30.0 Å². The van der Waals surface area contributed by atoms with Crippen molar-refractivity contribution in [3.05, 3.63) is 48.0 Å². The van der Waals surface area contributed by atoms with Crippen LogP contribution < -0.4 is 5.32 Å². The fraction of sp³-hybridized carbons (Fsp3) is 0.444. The number of hydrogen-bond donors (Lipinski definition) is 1. The summed E-state index contributed by atoms with van der Waals surface area (Å²) in [6, 6.07) is 10.5. The molecule has 1 atom stereocenters. The predicted molar refractivity (Wildman–Crippen MR) is 82.6 cm³/mol. The molecule has 0 aliphatic carbocycles. The van der Waals surface area contributed by atoms with Gasteiger partial charge in [-0.2, -0.15) is 0 Å². The largest absolute Gasteiger partial charge is 0.461 e. The number of nitrogens with one attached hydrogen (secondary N) is 1. The molecule has 2 aromatic rings. The Balaban J connectivity index is 1.80. The minimum Gasteiger partial charge on any atom is -0.461 e. The van der Waals surface area contributed by atoms with Crippen molar-refractivity contribution in [3.63, 3.8) is 0 Å². The lowest BCUT2D eigenvalue weighted by molar-refractivity contribution is 0.254. The van der Waals surface area contributed by atoms with Crippen molar-refractivity contribution < 1.29 is 8.81 Å². The van der Waals surface area contributed by atoms with Gasteiger partial charge < -0.3 is 9.73 Å². The molecule has 1 aliphatic rings. The molecule has 0 saturated carbocycles. The van der Waals surface area contributed by atoms with Crippen LogP contribution in [0.5, 0.6) is 0 Å². The molecule has 0 spiro atoms. The quantitative estimate of drug-likeness (QED) is 0.901. The molecule has 1 N–H and O–H groups in total. The minimum atomic E-state index is -0.223. The SMILES string of the molecule is CC(C)C1(Cc2ccc(-c3ccc(F)cc3)o2)CCCN1. The summed E-state index contributed by atoms with van der Waals surface area (Å²) in [4.78, 5) is 0. The summed E-state index contributed by atoms with van der Waals surface area (Å²) in [7, 11) is 0. The molecule has 1 unspecified atom stereocenters. The maximum absolute atomic E-state index is 13.0. The highest BCUT2D eigenvalue weighted by Crippen LogP contribution is 2.33. The van der Waals surface area contributed by atoms with Gasteiger partial charge in [-0.1, -0.05) is 13.8 Å². The summed E-state index contributed by atoms with van der Waals surface area (Å²) in [5.74, 6) is 2.15. The lowest BCUT2D eigenvalue weighted by Gasteiger charge is -2.33. The van der Waals surface area contributed by atoms with Crippen LogP contribution in [0.25, 0.3) is 11.3 Å². The Morgan fingerprint density at radius 2 is 1.95 bits per heavy atom. The molecule has 2 nitrogen and oxygen atoms in total. The molecule has 2 heterocycles. The van der Waals surface area contributed by atoms with Crippen molar-refractivity contribution in [3.8, 4) is 11.3 Å². The number of halogens is 1. The average Bonchev–Trinajstić information content (AvgIpc) is 3.10. The van der Waals surface area contributed by atoms with Crippen LogP contribution in [-0.2, 0) is 6.42 Å². The van der Waals surface area contributed by atoms with Gasteiger partial charge in [0.05, 0.1) is 0 Å². The molecule has 3 heteroatoms. The van der Waals surface area contributed by atoms with Crippen LogP contribution in [0, 0.1) is 11.7 Å². The highest BCUT2D eigenvalue weighted by Gasteiger charge is 2.37. The van der Waals surface area contributed by atoms with Gasteiger partial charge in [0.15, 0.2) is 0 Å². The molecular weight excluding hydrogens is 265 g/mol. The summed E-state index contributed by atoms with van der Waals surface area (Å²) < 4.78 is 19.0. The van der Waals surface area contributed by atoms with Crippen molar-refractivity contribution in [2.24, 2.45) is 5.92 Å². The van der Waals surface area contributed by atoms with E-state index in [-0.39, 0.29) is 11.4 Å². The first-order valence-electron chi connectivity index (χ1n) is 7.69. The number of hydrogen-bond acceptors (Lipinski definition) is 2. The van der Waals surface area contributed by atoms with E-state index < -0.39 is 0 Å². The highest BCUT2D eigenvalue weighted by atomic mass is 19.1. The van der Waals surface area contributed by atoms with E-state index in [1.54, 1.807) is 12.1 Å². The third-order valence-corrected chi connectivity index (χ3v) is 4.66. The van der Waals surface area contributed by atoms with Crippen LogP contribution in [0.15, 0.2) is 40.8 Å². The third-order valence-electron chi connectivity index (χ3n) is 4.66. The molecule has 1 saturated heterocycles. The van der Waals surface area contributed by atoms with E-state index in [9.17, 15) is 4.39 Å². The van der Waals surface area contributed by atoms with Crippen LogP contribution in [0.4, 0.5) is 4.39 Å². The van der Waals surface area contributed by atoms with Crippen LogP contribution >= 0.6 is 0 Å². The van der Waals surface area contributed by atoms with E-state index in [1.165, 1.54) is 25.0 Å². The van der Waals surface area contributed by atoms with Gasteiger partial charge in [0.2, 0.25) is 0 Å². The zero-order valence-corrected chi connectivity index (χ0v) is 12.7. The molecule has 1 aromatic carbocycles. The molecule has 0 bridgehead atoms. The Morgan fingerprint density at radius 1 is 1.19 bits per heavy atom. The molecule has 3 rings (SSSR count). The summed E-state index contributed by atoms with van der Waals surface area (Å²) in [6.07, 6.45) is 3.33. The maximum atomic E-state index is 13.0. The van der Waals surface area contributed by atoms with Gasteiger partial charge in [-0.25, -0.2) is 4.39 Å². The topological polar surface area (TPSA) is 25.2 Å². The maximum Gasteiger partial charge on any atom is 0.134 e. The van der Waals surface area contributed by atoms with Crippen molar-refractivity contribution in [1.29, 1.82) is 0 Å². The lowest BCUT2D eigenvalue weighted by atomic mass is 9.81. The van der Waals surface area contributed by atoms with Crippen molar-refractivity contribution in [2.45, 2.75) is 38.6 Å². The Kier molecular flexibility index (Phi) is 3.85. The smallest absolute Gasteiger partial charge is 0.134 e. The van der Waals surface area contributed by atoms with Gasteiger partial charge in [0.1, 0.15) is 17.3 Å². The van der Waals surface area contributed by atoms with E-state index in [0.29, 0.717) is 5.92 Å². The number of rotatable bonds is 4. The van der Waals surface area contributed by atoms with E-state index in [2.05, 4.69) is 19.2 Å². The van der Waals surface area contributed by atoms with Gasteiger partial charge in [0.25, 0.3) is 0 Å². The number of benzene rings is 1. The fourth-order valence-corrected chi connectivity index (χ4v) is 3.23. The normalized spacial score (nSPS) is 22.1.